The number of halogens is 1. The van der Waals surface area contributed by atoms with Gasteiger partial charge in [0.2, 0.25) is 0 Å². The lowest BCUT2D eigenvalue weighted by Gasteiger charge is -2.14. The number of esters is 1. The van der Waals surface area contributed by atoms with Crippen LogP contribution in [0.2, 0.25) is 0 Å². The summed E-state index contributed by atoms with van der Waals surface area (Å²) < 4.78 is 6.10. The maximum absolute atomic E-state index is 12.7. The molecule has 0 saturated carbocycles. The number of rotatable bonds is 3. The maximum atomic E-state index is 12.7. The van der Waals surface area contributed by atoms with Crippen LogP contribution in [0.1, 0.15) is 15.9 Å². The SMILES string of the molecule is COC(=O)c1ccc(/C=C2/SC(=S)N(c3ccc(Br)cc3)C2=O)cc1. The molecule has 1 aliphatic rings. The molecule has 0 bridgehead atoms. The van der Waals surface area contributed by atoms with E-state index in [2.05, 4.69) is 20.7 Å². The van der Waals surface area contributed by atoms with Crippen LogP contribution in [0.4, 0.5) is 5.69 Å². The van der Waals surface area contributed by atoms with Crippen molar-refractivity contribution in [3.05, 3.63) is 69.0 Å². The van der Waals surface area contributed by atoms with Gasteiger partial charge < -0.3 is 4.74 Å². The van der Waals surface area contributed by atoms with Crippen molar-refractivity contribution in [1.82, 2.24) is 0 Å². The third kappa shape index (κ3) is 3.84. The molecule has 0 spiro atoms. The molecule has 1 fully saturated rings. The lowest BCUT2D eigenvalue weighted by atomic mass is 10.1. The molecule has 0 unspecified atom stereocenters. The molecule has 2 aromatic carbocycles. The normalized spacial score (nSPS) is 15.8. The van der Waals surface area contributed by atoms with Gasteiger partial charge in [-0.3, -0.25) is 9.69 Å². The number of carbonyl (C=O) groups is 2. The second-order valence-electron chi connectivity index (χ2n) is 5.11. The number of hydrogen-bond donors (Lipinski definition) is 0. The van der Waals surface area contributed by atoms with Gasteiger partial charge in [-0.2, -0.15) is 0 Å². The third-order valence-electron chi connectivity index (χ3n) is 3.51. The fourth-order valence-electron chi connectivity index (χ4n) is 2.27. The zero-order valence-electron chi connectivity index (χ0n) is 13.1. The number of anilines is 1. The van der Waals surface area contributed by atoms with Gasteiger partial charge in [-0.15, -0.1) is 0 Å². The van der Waals surface area contributed by atoms with E-state index >= 15 is 0 Å². The van der Waals surface area contributed by atoms with Gasteiger partial charge in [-0.25, -0.2) is 4.79 Å². The molecule has 0 N–H and O–H groups in total. The highest BCUT2D eigenvalue weighted by Gasteiger charge is 2.33. The van der Waals surface area contributed by atoms with Crippen LogP contribution in [0.15, 0.2) is 57.9 Å². The Bertz CT molecular complexity index is 876. The van der Waals surface area contributed by atoms with Crippen molar-refractivity contribution in [3.8, 4) is 0 Å². The van der Waals surface area contributed by atoms with Crippen LogP contribution in [0.25, 0.3) is 6.08 Å². The zero-order chi connectivity index (χ0) is 18.0. The van der Waals surface area contributed by atoms with Crippen LogP contribution in [-0.4, -0.2) is 23.3 Å². The molecule has 0 atom stereocenters. The van der Waals surface area contributed by atoms with Gasteiger partial charge >= 0.3 is 5.97 Å². The van der Waals surface area contributed by atoms with Crippen molar-refractivity contribution >= 4 is 67.9 Å². The monoisotopic (exact) mass is 433 g/mol. The minimum Gasteiger partial charge on any atom is -0.465 e. The molecule has 1 heterocycles. The van der Waals surface area contributed by atoms with Crippen molar-refractivity contribution in [2.75, 3.05) is 12.0 Å². The molecule has 0 aromatic heterocycles. The Labute approximate surface area is 163 Å². The largest absolute Gasteiger partial charge is 0.465 e. The van der Waals surface area contributed by atoms with Crippen molar-refractivity contribution in [3.63, 3.8) is 0 Å². The van der Waals surface area contributed by atoms with Crippen LogP contribution in [0.5, 0.6) is 0 Å². The summed E-state index contributed by atoms with van der Waals surface area (Å²) in [6.07, 6.45) is 1.76. The number of amides is 1. The van der Waals surface area contributed by atoms with Crippen LogP contribution in [0, 0.1) is 0 Å². The van der Waals surface area contributed by atoms with Gasteiger partial charge in [0.05, 0.1) is 23.3 Å². The molecule has 126 valence electrons. The minimum atomic E-state index is -0.395. The first-order valence-corrected chi connectivity index (χ1v) is 9.23. The molecule has 4 nitrogen and oxygen atoms in total. The molecular weight excluding hydrogens is 422 g/mol. The molecule has 7 heteroatoms. The fraction of sp³-hybridized carbons (Fsp3) is 0.0556. The van der Waals surface area contributed by atoms with Gasteiger partial charge in [0.25, 0.3) is 5.91 Å². The van der Waals surface area contributed by atoms with Gasteiger partial charge in [-0.1, -0.05) is 52.0 Å². The Kier molecular flexibility index (Phi) is 5.36. The first-order chi connectivity index (χ1) is 12.0. The first kappa shape index (κ1) is 17.8. The maximum Gasteiger partial charge on any atom is 0.337 e. The summed E-state index contributed by atoms with van der Waals surface area (Å²) in [5, 5.41) is 0. The van der Waals surface area contributed by atoms with E-state index in [0.29, 0.717) is 14.8 Å². The molecule has 25 heavy (non-hydrogen) atoms. The third-order valence-corrected chi connectivity index (χ3v) is 5.34. The highest BCUT2D eigenvalue weighted by atomic mass is 79.9. The molecule has 1 amide bonds. The highest BCUT2D eigenvalue weighted by molar-refractivity contribution is 9.10. The Morgan fingerprint density at radius 3 is 2.40 bits per heavy atom. The van der Waals surface area contributed by atoms with Gasteiger partial charge in [0.1, 0.15) is 0 Å². The number of hydrogen-bond acceptors (Lipinski definition) is 5. The number of thioether (sulfide) groups is 1. The van der Waals surface area contributed by atoms with E-state index in [9.17, 15) is 9.59 Å². The van der Waals surface area contributed by atoms with Crippen LogP contribution in [0.3, 0.4) is 0 Å². The van der Waals surface area contributed by atoms with Gasteiger partial charge in [0, 0.05) is 4.47 Å². The molecule has 0 radical (unpaired) electrons. The van der Waals surface area contributed by atoms with Crippen molar-refractivity contribution < 1.29 is 14.3 Å². The standard InChI is InChI=1S/C18H12BrNO3S2/c1-23-17(22)12-4-2-11(3-5-12)10-15-16(21)20(18(24)25-15)14-8-6-13(19)7-9-14/h2-10H,1H3/b15-10+. The molecule has 3 rings (SSSR count). The summed E-state index contributed by atoms with van der Waals surface area (Å²) in [7, 11) is 1.34. The predicted octanol–water partition coefficient (Wildman–Crippen LogP) is 4.64. The lowest BCUT2D eigenvalue weighted by Crippen LogP contribution is -2.27. The summed E-state index contributed by atoms with van der Waals surface area (Å²) in [6.45, 7) is 0. The molecule has 2 aromatic rings. The number of ether oxygens (including phenoxy) is 1. The summed E-state index contributed by atoms with van der Waals surface area (Å²) in [5.74, 6) is -0.553. The van der Waals surface area contributed by atoms with E-state index in [1.807, 2.05) is 24.3 Å². The van der Waals surface area contributed by atoms with E-state index in [-0.39, 0.29) is 5.91 Å². The topological polar surface area (TPSA) is 46.6 Å². The van der Waals surface area contributed by atoms with Crippen LogP contribution >= 0.6 is 39.9 Å². The molecule has 0 aliphatic carbocycles. The zero-order valence-corrected chi connectivity index (χ0v) is 16.3. The Morgan fingerprint density at radius 2 is 1.80 bits per heavy atom. The number of carbonyl (C=O) groups excluding carboxylic acids is 2. The van der Waals surface area contributed by atoms with Gasteiger partial charge in [-0.05, 0) is 48.0 Å². The fourth-order valence-corrected chi connectivity index (χ4v) is 3.83. The Hall–Kier alpha value is -1.96. The predicted molar refractivity (Wildman–Crippen MR) is 108 cm³/mol. The van der Waals surface area contributed by atoms with Crippen LogP contribution in [-0.2, 0) is 9.53 Å². The molecule has 1 saturated heterocycles. The first-order valence-electron chi connectivity index (χ1n) is 7.21. The average molecular weight is 434 g/mol. The van der Waals surface area contributed by atoms with Crippen molar-refractivity contribution in [2.45, 2.75) is 0 Å². The van der Waals surface area contributed by atoms with E-state index in [1.54, 1.807) is 30.3 Å². The quantitative estimate of drug-likeness (QED) is 0.400. The number of nitrogens with zero attached hydrogens (tertiary/aromatic N) is 1. The molecule has 1 aliphatic heterocycles. The van der Waals surface area contributed by atoms with E-state index in [0.717, 1.165) is 15.7 Å². The van der Waals surface area contributed by atoms with E-state index in [4.69, 9.17) is 12.2 Å². The number of benzene rings is 2. The molecular formula is C18H12BrNO3S2. The second kappa shape index (κ2) is 7.51. The van der Waals surface area contributed by atoms with Gasteiger partial charge in [0.15, 0.2) is 4.32 Å². The number of thiocarbonyl (C=S) groups is 1. The van der Waals surface area contributed by atoms with Crippen LogP contribution < -0.4 is 4.90 Å². The summed E-state index contributed by atoms with van der Waals surface area (Å²) in [6, 6.07) is 14.2. The Balaban J connectivity index is 1.85. The average Bonchev–Trinajstić information content (AvgIpc) is 2.89. The van der Waals surface area contributed by atoms with Crippen molar-refractivity contribution in [2.24, 2.45) is 0 Å². The minimum absolute atomic E-state index is 0.158. The summed E-state index contributed by atoms with van der Waals surface area (Å²) in [5.41, 5.74) is 2.00. The van der Waals surface area contributed by atoms with Crippen molar-refractivity contribution in [1.29, 1.82) is 0 Å². The number of methoxy groups -OCH3 is 1. The highest BCUT2D eigenvalue weighted by Crippen LogP contribution is 2.36. The Morgan fingerprint density at radius 1 is 1.16 bits per heavy atom. The second-order valence-corrected chi connectivity index (χ2v) is 7.70. The van der Waals surface area contributed by atoms with E-state index < -0.39 is 5.97 Å². The summed E-state index contributed by atoms with van der Waals surface area (Å²) in [4.78, 5) is 26.2. The summed E-state index contributed by atoms with van der Waals surface area (Å²) >= 11 is 9.98. The van der Waals surface area contributed by atoms with E-state index in [1.165, 1.54) is 23.8 Å². The lowest BCUT2D eigenvalue weighted by molar-refractivity contribution is -0.113. The smallest absolute Gasteiger partial charge is 0.337 e.